The number of hydrogen-bond donors (Lipinski definition) is 3. The third kappa shape index (κ3) is 4.81. The fraction of sp³-hybridized carbons (Fsp3) is 0.185. The van der Waals surface area contributed by atoms with Crippen LogP contribution in [-0.4, -0.2) is 41.9 Å². The van der Waals surface area contributed by atoms with Crippen LogP contribution in [0, 0.1) is 0 Å². The summed E-state index contributed by atoms with van der Waals surface area (Å²) < 4.78 is 10.8. The van der Waals surface area contributed by atoms with Gasteiger partial charge in [-0.2, -0.15) is 0 Å². The summed E-state index contributed by atoms with van der Waals surface area (Å²) in [4.78, 5) is 40.4. The molecule has 2 aromatic heterocycles. The minimum absolute atomic E-state index is 0.0777. The normalized spacial score (nSPS) is 17.7. The Balaban J connectivity index is 0.000000182. The number of rotatable bonds is 3. The lowest BCUT2D eigenvalue weighted by atomic mass is 10.0. The molecule has 1 saturated heterocycles. The molecule has 4 heterocycles. The van der Waals surface area contributed by atoms with Crippen LogP contribution in [0.3, 0.4) is 0 Å². The number of pyridine rings is 1. The van der Waals surface area contributed by atoms with Crippen molar-refractivity contribution in [3.63, 3.8) is 0 Å². The number of nitrogens with zero attached hydrogens (tertiary/aromatic N) is 2. The van der Waals surface area contributed by atoms with Crippen molar-refractivity contribution in [2.45, 2.75) is 19.0 Å². The Morgan fingerprint density at radius 1 is 1.16 bits per heavy atom. The smallest absolute Gasteiger partial charge is 0.322 e. The maximum Gasteiger partial charge on any atom is 0.322 e. The second kappa shape index (κ2) is 9.65. The summed E-state index contributed by atoms with van der Waals surface area (Å²) in [6, 6.07) is 9.74. The number of allylic oxidation sites excluding steroid dienone is 2. The van der Waals surface area contributed by atoms with E-state index in [0.29, 0.717) is 23.9 Å². The maximum atomic E-state index is 11.8. The van der Waals surface area contributed by atoms with Gasteiger partial charge in [0.15, 0.2) is 6.04 Å². The van der Waals surface area contributed by atoms with Gasteiger partial charge in [0, 0.05) is 30.9 Å². The van der Waals surface area contributed by atoms with Crippen molar-refractivity contribution in [1.82, 2.24) is 20.5 Å². The number of carbonyl (C=O) groups is 3. The van der Waals surface area contributed by atoms with Crippen LogP contribution in [0.1, 0.15) is 51.0 Å². The molecular formula is C27H25N5O5. The number of imide groups is 1. The molecule has 37 heavy (non-hydrogen) atoms. The van der Waals surface area contributed by atoms with Crippen LogP contribution < -0.4 is 21.1 Å². The van der Waals surface area contributed by atoms with Gasteiger partial charge in [0.25, 0.3) is 11.8 Å². The van der Waals surface area contributed by atoms with Crippen LogP contribution in [0.2, 0.25) is 0 Å². The summed E-state index contributed by atoms with van der Waals surface area (Å²) in [6.45, 7) is 0.707. The summed E-state index contributed by atoms with van der Waals surface area (Å²) in [7, 11) is 3.40. The average molecular weight is 500 g/mol. The van der Waals surface area contributed by atoms with Crippen molar-refractivity contribution in [3.8, 4) is 5.75 Å². The highest BCUT2D eigenvalue weighted by Crippen LogP contribution is 2.32. The van der Waals surface area contributed by atoms with Crippen molar-refractivity contribution in [2.75, 3.05) is 19.9 Å². The number of nitrogens with one attached hydrogen (secondary N) is 2. The van der Waals surface area contributed by atoms with E-state index in [1.54, 1.807) is 43.5 Å². The molecule has 10 heteroatoms. The lowest BCUT2D eigenvalue weighted by Gasteiger charge is -2.04. The molecular weight excluding hydrogens is 474 g/mol. The van der Waals surface area contributed by atoms with Crippen molar-refractivity contribution >= 4 is 41.4 Å². The molecule has 188 valence electrons. The van der Waals surface area contributed by atoms with E-state index in [2.05, 4.69) is 15.6 Å². The van der Waals surface area contributed by atoms with Gasteiger partial charge in [0.1, 0.15) is 23.1 Å². The number of urea groups is 1. The highest BCUT2D eigenvalue weighted by molar-refractivity contribution is 6.04. The third-order valence-corrected chi connectivity index (χ3v) is 6.26. The Labute approximate surface area is 212 Å². The van der Waals surface area contributed by atoms with Gasteiger partial charge in [-0.1, -0.05) is 12.1 Å². The first-order valence-electron chi connectivity index (χ1n) is 11.6. The second-order valence-corrected chi connectivity index (χ2v) is 8.80. The Morgan fingerprint density at radius 2 is 2.00 bits per heavy atom. The molecule has 4 amide bonds. The van der Waals surface area contributed by atoms with E-state index in [1.807, 2.05) is 36.4 Å². The third-order valence-electron chi connectivity index (χ3n) is 6.26. The van der Waals surface area contributed by atoms with Gasteiger partial charge in [0.2, 0.25) is 0 Å². The predicted octanol–water partition coefficient (Wildman–Crippen LogP) is 3.38. The number of anilines is 1. The van der Waals surface area contributed by atoms with Crippen LogP contribution in [0.5, 0.6) is 5.75 Å². The monoisotopic (exact) mass is 499 g/mol. The van der Waals surface area contributed by atoms with Gasteiger partial charge in [-0.05, 0) is 65.6 Å². The molecule has 1 aliphatic carbocycles. The molecule has 3 aromatic rings. The number of benzene rings is 1. The molecule has 4 N–H and O–H groups in total. The minimum Gasteiger partial charge on any atom is -0.497 e. The largest absolute Gasteiger partial charge is 0.497 e. The number of amides is 4. The van der Waals surface area contributed by atoms with Crippen molar-refractivity contribution in [2.24, 2.45) is 0 Å². The standard InChI is InChI=1S/C17H14N4O3.C10H11NO2/c18-14-5-4-10(8-19-14)9-2-1-3-12-11(6-9)7-13(24-12)15-16(22)21-17(23)20-15;1-11-6-7-3-4-8(13-2)5-9(7)10(11)12/h1,3-8,15H,2H2,(H2,18,19)(H2,20,21,22,23);3-5H,6H2,1-2H3. The van der Waals surface area contributed by atoms with E-state index in [9.17, 15) is 14.4 Å². The van der Waals surface area contributed by atoms with E-state index < -0.39 is 18.0 Å². The SMILES string of the molecule is COc1ccc2c(c1)C(=O)N(C)C2.Nc1ccc(C2=Cc3cc(C4NC(=O)NC4=O)oc3C=CC2)cn1. The average Bonchev–Trinajstić information content (AvgIpc) is 3.48. The maximum absolute atomic E-state index is 11.8. The fourth-order valence-corrected chi connectivity index (χ4v) is 4.33. The predicted molar refractivity (Wildman–Crippen MR) is 137 cm³/mol. The van der Waals surface area contributed by atoms with E-state index >= 15 is 0 Å². The topological polar surface area (TPSA) is 140 Å². The number of carbonyl (C=O) groups excluding carboxylic acids is 3. The first-order valence-corrected chi connectivity index (χ1v) is 11.6. The molecule has 1 fully saturated rings. The molecule has 0 radical (unpaired) electrons. The molecule has 0 spiro atoms. The number of hydrogen-bond acceptors (Lipinski definition) is 7. The summed E-state index contributed by atoms with van der Waals surface area (Å²) in [6.07, 6.45) is 8.29. The summed E-state index contributed by atoms with van der Waals surface area (Å²) in [5.41, 5.74) is 10.3. The molecule has 1 atom stereocenters. The highest BCUT2D eigenvalue weighted by Gasteiger charge is 2.34. The lowest BCUT2D eigenvalue weighted by Crippen LogP contribution is -2.22. The Kier molecular flexibility index (Phi) is 6.22. The molecule has 2 aliphatic heterocycles. The number of furan rings is 1. The molecule has 1 unspecified atom stereocenters. The molecule has 10 nitrogen and oxygen atoms in total. The van der Waals surface area contributed by atoms with Gasteiger partial charge in [-0.25, -0.2) is 9.78 Å². The van der Waals surface area contributed by atoms with Gasteiger partial charge in [-0.3, -0.25) is 14.9 Å². The van der Waals surface area contributed by atoms with Gasteiger partial charge >= 0.3 is 6.03 Å². The Hall–Kier alpha value is -4.86. The van der Waals surface area contributed by atoms with Crippen LogP contribution in [0.15, 0.2) is 53.1 Å². The first-order chi connectivity index (χ1) is 17.8. The summed E-state index contributed by atoms with van der Waals surface area (Å²) in [5, 5.41) is 4.73. The highest BCUT2D eigenvalue weighted by atomic mass is 16.5. The minimum atomic E-state index is -0.798. The number of ether oxygens (including phenoxy) is 1. The zero-order valence-corrected chi connectivity index (χ0v) is 20.3. The van der Waals surface area contributed by atoms with E-state index in [-0.39, 0.29) is 5.91 Å². The van der Waals surface area contributed by atoms with Crippen molar-refractivity contribution in [3.05, 3.63) is 82.4 Å². The van der Waals surface area contributed by atoms with E-state index in [0.717, 1.165) is 40.0 Å². The molecule has 0 saturated carbocycles. The lowest BCUT2D eigenvalue weighted by molar-refractivity contribution is -0.120. The molecule has 1 aromatic carbocycles. The zero-order chi connectivity index (χ0) is 26.1. The number of methoxy groups -OCH3 is 1. The van der Waals surface area contributed by atoms with Crippen LogP contribution >= 0.6 is 0 Å². The number of nitrogens with two attached hydrogens (primary N) is 1. The van der Waals surface area contributed by atoms with Crippen molar-refractivity contribution in [1.29, 1.82) is 0 Å². The van der Waals surface area contributed by atoms with Crippen LogP contribution in [-0.2, 0) is 11.3 Å². The zero-order valence-electron chi connectivity index (χ0n) is 20.3. The quantitative estimate of drug-likeness (QED) is 0.469. The molecule has 3 aliphatic rings. The fourth-order valence-electron chi connectivity index (χ4n) is 4.33. The van der Waals surface area contributed by atoms with E-state index in [4.69, 9.17) is 14.9 Å². The molecule has 0 bridgehead atoms. The van der Waals surface area contributed by atoms with Gasteiger partial charge in [0.05, 0.1) is 7.11 Å². The molecule has 6 rings (SSSR count). The first kappa shape index (κ1) is 23.9. The van der Waals surface area contributed by atoms with Crippen molar-refractivity contribution < 1.29 is 23.5 Å². The number of aromatic nitrogens is 1. The van der Waals surface area contributed by atoms with Crippen LogP contribution in [0.25, 0.3) is 17.7 Å². The van der Waals surface area contributed by atoms with Gasteiger partial charge < -0.3 is 25.1 Å². The van der Waals surface area contributed by atoms with Gasteiger partial charge in [-0.15, -0.1) is 0 Å². The summed E-state index contributed by atoms with van der Waals surface area (Å²) >= 11 is 0. The van der Waals surface area contributed by atoms with E-state index in [1.165, 1.54) is 0 Å². The number of fused-ring (bicyclic) bond motifs is 2. The summed E-state index contributed by atoms with van der Waals surface area (Å²) in [5.74, 6) is 1.92. The second-order valence-electron chi connectivity index (χ2n) is 8.80. The Morgan fingerprint density at radius 3 is 2.70 bits per heavy atom. The van der Waals surface area contributed by atoms with Crippen LogP contribution in [0.4, 0.5) is 10.6 Å². The number of nitrogen functional groups attached to an aromatic ring is 1. The Bertz CT molecular complexity index is 1450.